The fraction of sp³-hybridized carbons (Fsp3) is 0.842. The van der Waals surface area contributed by atoms with Crippen molar-refractivity contribution in [3.63, 3.8) is 0 Å². The fourth-order valence-electron chi connectivity index (χ4n) is 1.61. The first-order valence-electron chi connectivity index (χ1n) is 10.8. The van der Waals surface area contributed by atoms with Crippen LogP contribution in [0.1, 0.15) is 0 Å². The third-order valence-electron chi connectivity index (χ3n) is 3.11. The molecule has 2 N–H and O–H groups in total. The molecular formula is C19H34O10S10. The molecule has 0 saturated carbocycles. The summed E-state index contributed by atoms with van der Waals surface area (Å²) in [6, 6.07) is 0. The molecule has 0 aromatic rings. The highest BCUT2D eigenvalue weighted by atomic mass is 32.2. The Hall–Kier alpha value is 1.75. The average molecular weight is 743 g/mol. The van der Waals surface area contributed by atoms with E-state index < -0.39 is 0 Å². The second-order valence-electron chi connectivity index (χ2n) is 5.99. The number of rotatable bonds is 30. The van der Waals surface area contributed by atoms with Crippen LogP contribution in [0.25, 0.3) is 0 Å². The zero-order valence-corrected chi connectivity index (χ0v) is 29.2. The first kappa shape index (κ1) is 40.8. The second-order valence-corrected chi connectivity index (χ2v) is 17.5. The van der Waals surface area contributed by atoms with Gasteiger partial charge in [-0.15, -0.1) is 94.1 Å². The van der Waals surface area contributed by atoms with E-state index in [9.17, 15) is 14.4 Å². The number of carbonyl (C=O) groups is 3. The van der Waals surface area contributed by atoms with Gasteiger partial charge in [-0.2, -0.15) is 0 Å². The van der Waals surface area contributed by atoms with Gasteiger partial charge in [-0.25, -0.2) is 9.78 Å². The lowest BCUT2D eigenvalue weighted by Crippen LogP contribution is -2.07. The van der Waals surface area contributed by atoms with E-state index in [1.54, 1.807) is 35.3 Å². The number of esters is 3. The van der Waals surface area contributed by atoms with Crippen molar-refractivity contribution >= 4 is 136 Å². The third kappa shape index (κ3) is 34.1. The van der Waals surface area contributed by atoms with Crippen LogP contribution in [0.3, 0.4) is 0 Å². The molecule has 0 saturated heterocycles. The zero-order chi connectivity index (χ0) is 28.7. The van der Waals surface area contributed by atoms with Crippen LogP contribution in [0.15, 0.2) is 0 Å². The Morgan fingerprint density at radius 1 is 0.462 bits per heavy atom. The third-order valence-corrected chi connectivity index (χ3v) is 13.0. The van der Waals surface area contributed by atoms with Crippen molar-refractivity contribution in [1.29, 1.82) is 0 Å². The molecule has 0 spiro atoms. The molecular weight excluding hydrogens is 709 g/mol. The van der Waals surface area contributed by atoms with Gasteiger partial charge in [0.2, 0.25) is 0 Å². The summed E-state index contributed by atoms with van der Waals surface area (Å²) < 4.78 is 15.0. The van der Waals surface area contributed by atoms with Gasteiger partial charge in [0.1, 0.15) is 23.8 Å². The van der Waals surface area contributed by atoms with E-state index >= 15 is 0 Å². The summed E-state index contributed by atoms with van der Waals surface area (Å²) in [6.07, 6.45) is 0. The Morgan fingerprint density at radius 2 is 0.872 bits per heavy atom. The van der Waals surface area contributed by atoms with Gasteiger partial charge in [-0.05, 0) is 0 Å². The van der Waals surface area contributed by atoms with E-state index in [1.807, 2.05) is 0 Å². The van der Waals surface area contributed by atoms with E-state index in [-0.39, 0.29) is 53.2 Å². The molecule has 0 unspecified atom stereocenters. The standard InChI is InChI=1S/C19H34O10S10/c20-6-34-8-25-17(22)3-31-13-38-12-30-2-1-28-29-11-37-16-36-10-27-19(24)5-33-15-39-14-32-4-18(23)26-9-35-7-21/h20-21H,1-16H2. The molecule has 0 fully saturated rings. The number of aliphatic hydroxyl groups is 2. The minimum Gasteiger partial charge on any atom is -0.454 e. The van der Waals surface area contributed by atoms with E-state index in [0.717, 1.165) is 54.7 Å². The van der Waals surface area contributed by atoms with Crippen molar-refractivity contribution in [3.05, 3.63) is 0 Å². The molecule has 0 bridgehead atoms. The molecule has 230 valence electrons. The van der Waals surface area contributed by atoms with Gasteiger partial charge in [0.15, 0.2) is 0 Å². The second kappa shape index (κ2) is 34.2. The van der Waals surface area contributed by atoms with Gasteiger partial charge in [0.05, 0.1) is 35.7 Å². The van der Waals surface area contributed by atoms with Gasteiger partial charge in [0.25, 0.3) is 0 Å². The Balaban J connectivity index is 3.24. The lowest BCUT2D eigenvalue weighted by Gasteiger charge is -2.06. The molecule has 39 heavy (non-hydrogen) atoms. The SMILES string of the molecule is O=C(CSCSCSCCOOCSCSCOC(=O)CSCSCSCC(=O)OCSCO)OCSCO. The molecule has 0 aromatic heterocycles. The largest absolute Gasteiger partial charge is 0.454 e. The number of ether oxygens (including phenoxy) is 3. The Labute approximate surface area is 272 Å². The molecule has 0 radical (unpaired) electrons. The Kier molecular flexibility index (Phi) is 35.8. The van der Waals surface area contributed by atoms with Crippen molar-refractivity contribution in [1.82, 2.24) is 0 Å². The van der Waals surface area contributed by atoms with Crippen LogP contribution < -0.4 is 0 Å². The van der Waals surface area contributed by atoms with E-state index in [0.29, 0.717) is 24.2 Å². The van der Waals surface area contributed by atoms with Crippen molar-refractivity contribution in [2.75, 3.05) is 90.7 Å². The summed E-state index contributed by atoms with van der Waals surface area (Å²) in [5.41, 5.74) is 0. The predicted molar refractivity (Wildman–Crippen MR) is 179 cm³/mol. The maximum absolute atomic E-state index is 11.7. The number of carbonyl (C=O) groups excluding carboxylic acids is 3. The molecule has 10 nitrogen and oxygen atoms in total. The van der Waals surface area contributed by atoms with Crippen LogP contribution >= 0.6 is 118 Å². The topological polar surface area (TPSA) is 138 Å². The summed E-state index contributed by atoms with van der Waals surface area (Å²) in [7, 11) is 0. The number of hydrogen-bond acceptors (Lipinski definition) is 20. The molecule has 20 heteroatoms. The first-order valence-corrected chi connectivity index (χ1v) is 22.3. The normalized spacial score (nSPS) is 10.9. The summed E-state index contributed by atoms with van der Waals surface area (Å²) >= 11 is 14.8. The van der Waals surface area contributed by atoms with Crippen molar-refractivity contribution in [2.45, 2.75) is 0 Å². The summed E-state index contributed by atoms with van der Waals surface area (Å²) in [5, 5.41) is 21.1. The molecule has 0 rings (SSSR count). The fourth-order valence-corrected chi connectivity index (χ4v) is 9.61. The van der Waals surface area contributed by atoms with E-state index in [4.69, 9.17) is 34.2 Å². The van der Waals surface area contributed by atoms with Gasteiger partial charge >= 0.3 is 17.9 Å². The van der Waals surface area contributed by atoms with Crippen LogP contribution in [0.2, 0.25) is 0 Å². The van der Waals surface area contributed by atoms with Gasteiger partial charge in [0, 0.05) is 31.2 Å². The van der Waals surface area contributed by atoms with E-state index in [1.165, 1.54) is 58.8 Å². The maximum atomic E-state index is 11.7. The van der Waals surface area contributed by atoms with Crippen LogP contribution in [0, 0.1) is 0 Å². The quantitative estimate of drug-likeness (QED) is 0.0268. The minimum absolute atomic E-state index is 0.0564. The minimum atomic E-state index is -0.297. The molecule has 0 aromatic carbocycles. The highest BCUT2D eigenvalue weighted by Gasteiger charge is 2.06. The van der Waals surface area contributed by atoms with Crippen LogP contribution in [0.5, 0.6) is 0 Å². The molecule has 0 amide bonds. The number of thioether (sulfide) groups is 10. The monoisotopic (exact) mass is 742 g/mol. The molecule has 0 aliphatic heterocycles. The summed E-state index contributed by atoms with van der Waals surface area (Å²) in [4.78, 5) is 44.7. The highest BCUT2D eigenvalue weighted by molar-refractivity contribution is 8.23. The van der Waals surface area contributed by atoms with Crippen LogP contribution in [-0.4, -0.2) is 119 Å². The van der Waals surface area contributed by atoms with E-state index in [2.05, 4.69) is 0 Å². The van der Waals surface area contributed by atoms with Crippen LogP contribution in [0.4, 0.5) is 0 Å². The molecule has 0 aliphatic rings. The molecule has 0 aliphatic carbocycles. The lowest BCUT2D eigenvalue weighted by molar-refractivity contribution is -0.274. The Bertz CT molecular complexity index is 597. The maximum Gasteiger partial charge on any atom is 0.316 e. The number of hydrogen-bond donors (Lipinski definition) is 2. The van der Waals surface area contributed by atoms with Gasteiger partial charge in [-0.1, -0.05) is 23.5 Å². The molecule has 0 atom stereocenters. The highest BCUT2D eigenvalue weighted by Crippen LogP contribution is 2.20. The van der Waals surface area contributed by atoms with Gasteiger partial charge in [-0.3, -0.25) is 14.4 Å². The zero-order valence-electron chi connectivity index (χ0n) is 21.1. The smallest absolute Gasteiger partial charge is 0.316 e. The molecule has 0 heterocycles. The Morgan fingerprint density at radius 3 is 1.36 bits per heavy atom. The first-order chi connectivity index (χ1) is 19.1. The van der Waals surface area contributed by atoms with Crippen molar-refractivity contribution in [2.24, 2.45) is 0 Å². The average Bonchev–Trinajstić information content (AvgIpc) is 2.92. The summed E-state index contributed by atoms with van der Waals surface area (Å²) in [6.45, 7) is 0.490. The van der Waals surface area contributed by atoms with Crippen molar-refractivity contribution < 1.29 is 48.6 Å². The predicted octanol–water partition coefficient (Wildman–Crippen LogP) is 4.41. The lowest BCUT2D eigenvalue weighted by atomic mass is 10.8. The van der Waals surface area contributed by atoms with Crippen LogP contribution in [-0.2, 0) is 38.4 Å². The van der Waals surface area contributed by atoms with Gasteiger partial charge < -0.3 is 24.4 Å². The van der Waals surface area contributed by atoms with Crippen molar-refractivity contribution in [3.8, 4) is 0 Å². The summed E-state index contributed by atoms with van der Waals surface area (Å²) in [5.74, 6) is 1.79. The number of aliphatic hydroxyl groups excluding tert-OH is 2.